The second-order valence-corrected chi connectivity index (χ2v) is 15.6. The molecule has 1 aliphatic carbocycles. The van der Waals surface area contributed by atoms with E-state index in [0.717, 1.165) is 50.5 Å². The minimum atomic E-state index is -0.600. The van der Waals surface area contributed by atoms with Crippen LogP contribution < -0.4 is 9.64 Å². The van der Waals surface area contributed by atoms with Gasteiger partial charge in [0, 0.05) is 33.5 Å². The molecule has 0 bridgehead atoms. The summed E-state index contributed by atoms with van der Waals surface area (Å²) < 4.78 is 6.94. The van der Waals surface area contributed by atoms with Gasteiger partial charge in [0.2, 0.25) is 0 Å². The zero-order valence-electron chi connectivity index (χ0n) is 32.2. The van der Waals surface area contributed by atoms with Crippen molar-refractivity contribution in [2.45, 2.75) is 5.41 Å². The van der Waals surface area contributed by atoms with Crippen LogP contribution in [-0.4, -0.2) is 0 Å². The van der Waals surface area contributed by atoms with E-state index >= 15 is 0 Å². The van der Waals surface area contributed by atoms with Gasteiger partial charge in [-0.05, 0) is 91.5 Å². The number of hydrogen-bond donors (Lipinski definition) is 0. The predicted octanol–water partition coefficient (Wildman–Crippen LogP) is 15.3. The molecule has 2 aliphatic rings. The average molecular weight is 752 g/mol. The molecule has 10 aromatic carbocycles. The molecular formula is C57H37NO. The fourth-order valence-electron chi connectivity index (χ4n) is 9.97. The van der Waals surface area contributed by atoms with E-state index < -0.39 is 5.41 Å². The maximum absolute atomic E-state index is 6.94. The highest BCUT2D eigenvalue weighted by Crippen LogP contribution is 2.64. The first kappa shape index (κ1) is 33.5. The summed E-state index contributed by atoms with van der Waals surface area (Å²) in [5.41, 5.74) is 14.8. The van der Waals surface area contributed by atoms with Crippen molar-refractivity contribution >= 4 is 38.6 Å². The molecule has 12 rings (SSSR count). The summed E-state index contributed by atoms with van der Waals surface area (Å²) in [6.07, 6.45) is 0. The van der Waals surface area contributed by atoms with E-state index in [1.165, 1.54) is 55.3 Å². The molecule has 0 fully saturated rings. The molecule has 1 spiro atoms. The lowest BCUT2D eigenvalue weighted by Crippen LogP contribution is -2.32. The Morgan fingerprint density at radius 2 is 0.898 bits per heavy atom. The summed E-state index contributed by atoms with van der Waals surface area (Å²) in [4.78, 5) is 2.45. The third kappa shape index (κ3) is 5.00. The lowest BCUT2D eigenvalue weighted by atomic mass is 9.65. The van der Waals surface area contributed by atoms with Crippen LogP contribution in [0.25, 0.3) is 54.9 Å². The van der Waals surface area contributed by atoms with Crippen molar-refractivity contribution in [1.82, 2.24) is 0 Å². The second-order valence-electron chi connectivity index (χ2n) is 15.6. The van der Waals surface area contributed by atoms with Crippen LogP contribution in [-0.2, 0) is 5.41 Å². The summed E-state index contributed by atoms with van der Waals surface area (Å²) in [6, 6.07) is 81.6. The first-order valence-corrected chi connectivity index (χ1v) is 20.3. The van der Waals surface area contributed by atoms with E-state index in [2.05, 4.69) is 229 Å². The Morgan fingerprint density at radius 1 is 0.339 bits per heavy atom. The summed E-state index contributed by atoms with van der Waals surface area (Å²) in [5, 5.41) is 4.78. The number of benzene rings is 10. The topological polar surface area (TPSA) is 12.5 Å². The van der Waals surface area contributed by atoms with Crippen LogP contribution in [0.2, 0.25) is 0 Å². The molecule has 0 saturated carbocycles. The Kier molecular flexibility index (Phi) is 7.48. The second kappa shape index (κ2) is 13.2. The largest absolute Gasteiger partial charge is 0.456 e. The monoisotopic (exact) mass is 751 g/mol. The van der Waals surface area contributed by atoms with Gasteiger partial charge in [-0.2, -0.15) is 0 Å². The van der Waals surface area contributed by atoms with Gasteiger partial charge in [0.05, 0.1) is 11.1 Å². The quantitative estimate of drug-likeness (QED) is 0.174. The van der Waals surface area contributed by atoms with Crippen LogP contribution in [0.1, 0.15) is 22.3 Å². The highest BCUT2D eigenvalue weighted by atomic mass is 16.5. The molecule has 276 valence electrons. The van der Waals surface area contributed by atoms with Gasteiger partial charge in [0.25, 0.3) is 0 Å². The van der Waals surface area contributed by atoms with Gasteiger partial charge in [0.15, 0.2) is 0 Å². The first-order valence-electron chi connectivity index (χ1n) is 20.3. The van der Waals surface area contributed by atoms with Gasteiger partial charge in [-0.25, -0.2) is 0 Å². The zero-order valence-corrected chi connectivity index (χ0v) is 32.2. The van der Waals surface area contributed by atoms with Crippen LogP contribution in [0.15, 0.2) is 224 Å². The number of rotatable bonds is 5. The van der Waals surface area contributed by atoms with Crippen LogP contribution in [0, 0.1) is 0 Å². The lowest BCUT2D eigenvalue weighted by molar-refractivity contribution is 0.441. The number of anilines is 3. The van der Waals surface area contributed by atoms with Gasteiger partial charge < -0.3 is 9.64 Å². The molecular weight excluding hydrogens is 715 g/mol. The Morgan fingerprint density at radius 3 is 1.69 bits per heavy atom. The molecule has 1 atom stereocenters. The molecule has 2 heteroatoms. The maximum Gasteiger partial charge on any atom is 0.140 e. The zero-order chi connectivity index (χ0) is 38.9. The van der Waals surface area contributed by atoms with Gasteiger partial charge in [-0.1, -0.05) is 188 Å². The van der Waals surface area contributed by atoms with Crippen LogP contribution in [0.4, 0.5) is 17.1 Å². The maximum atomic E-state index is 6.94. The van der Waals surface area contributed by atoms with Crippen LogP contribution in [0.5, 0.6) is 11.5 Å². The number of hydrogen-bond acceptors (Lipinski definition) is 2. The van der Waals surface area contributed by atoms with Crippen LogP contribution in [0.3, 0.4) is 0 Å². The predicted molar refractivity (Wildman–Crippen MR) is 244 cm³/mol. The van der Waals surface area contributed by atoms with Crippen molar-refractivity contribution in [2.75, 3.05) is 4.90 Å². The Balaban J connectivity index is 1.11. The number of nitrogens with zero attached hydrogens (tertiary/aromatic N) is 1. The molecule has 0 saturated heterocycles. The molecule has 1 unspecified atom stereocenters. The standard InChI is InChI=1S/C57H37NO/c1-2-14-38(15-3-1)39-28-33-43(34-29-39)58(44-35-30-42(31-36-44)46-22-12-18-40-16-4-6-19-45(40)46)53-26-13-25-51-55(53)48-21-8-9-23-49(48)57(51)50-24-10-11-27-54(50)59-56-47-20-7-5-17-41(47)32-37-52(56)57/h1-37H. The number of fused-ring (bicyclic) bond motifs is 12. The third-order valence-electron chi connectivity index (χ3n) is 12.5. The lowest BCUT2D eigenvalue weighted by Gasteiger charge is -2.40. The van der Waals surface area contributed by atoms with E-state index in [9.17, 15) is 0 Å². The highest BCUT2D eigenvalue weighted by molar-refractivity contribution is 6.01. The van der Waals surface area contributed by atoms with Crippen molar-refractivity contribution in [3.05, 3.63) is 247 Å². The van der Waals surface area contributed by atoms with Crippen molar-refractivity contribution in [2.24, 2.45) is 0 Å². The fraction of sp³-hybridized carbons (Fsp3) is 0.0175. The molecule has 59 heavy (non-hydrogen) atoms. The van der Waals surface area contributed by atoms with E-state index in [0.29, 0.717) is 0 Å². The Labute approximate surface area is 343 Å². The summed E-state index contributed by atoms with van der Waals surface area (Å²) in [5.74, 6) is 1.81. The minimum Gasteiger partial charge on any atom is -0.456 e. The first-order chi connectivity index (χ1) is 29.3. The number of ether oxygens (including phenoxy) is 1. The van der Waals surface area contributed by atoms with E-state index in [1.807, 2.05) is 0 Å². The molecule has 1 heterocycles. The summed E-state index contributed by atoms with van der Waals surface area (Å²) in [6.45, 7) is 0. The van der Waals surface area contributed by atoms with Crippen molar-refractivity contribution in [3.8, 4) is 44.9 Å². The molecule has 0 amide bonds. The molecule has 0 aromatic heterocycles. The Hall–Kier alpha value is -7.68. The van der Waals surface area contributed by atoms with Crippen molar-refractivity contribution in [1.29, 1.82) is 0 Å². The average Bonchev–Trinajstić information content (AvgIpc) is 3.61. The summed E-state index contributed by atoms with van der Waals surface area (Å²) in [7, 11) is 0. The fourth-order valence-corrected chi connectivity index (χ4v) is 9.97. The van der Waals surface area contributed by atoms with Gasteiger partial charge in [-0.3, -0.25) is 0 Å². The van der Waals surface area contributed by atoms with E-state index in [1.54, 1.807) is 0 Å². The molecule has 2 nitrogen and oxygen atoms in total. The normalized spacial score (nSPS) is 14.6. The Bertz CT molecular complexity index is 3230. The smallest absolute Gasteiger partial charge is 0.140 e. The SMILES string of the molecule is c1ccc(-c2ccc(N(c3ccc(-c4cccc5ccccc45)cc3)c3cccc4c3-c3ccccc3C43c4ccccc4Oc4c3ccc3ccccc43)cc2)cc1. The molecule has 1 aliphatic heterocycles. The van der Waals surface area contributed by atoms with Crippen molar-refractivity contribution < 1.29 is 4.74 Å². The minimum absolute atomic E-state index is 0.600. The van der Waals surface area contributed by atoms with Gasteiger partial charge >= 0.3 is 0 Å². The highest BCUT2D eigenvalue weighted by Gasteiger charge is 2.52. The van der Waals surface area contributed by atoms with E-state index in [4.69, 9.17) is 4.74 Å². The van der Waals surface area contributed by atoms with Gasteiger partial charge in [-0.15, -0.1) is 0 Å². The van der Waals surface area contributed by atoms with Gasteiger partial charge in [0.1, 0.15) is 11.5 Å². The molecule has 10 aromatic rings. The van der Waals surface area contributed by atoms with Crippen LogP contribution >= 0.6 is 0 Å². The third-order valence-corrected chi connectivity index (χ3v) is 12.5. The molecule has 0 N–H and O–H groups in total. The van der Waals surface area contributed by atoms with Crippen molar-refractivity contribution in [3.63, 3.8) is 0 Å². The van der Waals surface area contributed by atoms with E-state index in [-0.39, 0.29) is 0 Å². The molecule has 0 radical (unpaired) electrons. The summed E-state index contributed by atoms with van der Waals surface area (Å²) >= 11 is 0. The number of para-hydroxylation sites is 1.